The third-order valence-electron chi connectivity index (χ3n) is 2.45. The highest BCUT2D eigenvalue weighted by Gasteiger charge is 2.06. The molecular weight excluding hydrogens is 242 g/mol. The fourth-order valence-electron chi connectivity index (χ4n) is 1.48. The van der Waals surface area contributed by atoms with E-state index in [9.17, 15) is 4.79 Å². The molecule has 0 bridgehead atoms. The second-order valence-corrected chi connectivity index (χ2v) is 4.76. The van der Waals surface area contributed by atoms with Crippen LogP contribution in [-0.4, -0.2) is 11.5 Å². The number of hydrogen-bond donors (Lipinski definition) is 0. The molecule has 0 unspecified atom stereocenters. The second-order valence-electron chi connectivity index (χ2n) is 3.71. The van der Waals surface area contributed by atoms with Crippen LogP contribution >= 0.6 is 11.8 Å². The lowest BCUT2D eigenvalue weighted by Gasteiger charge is -2.01. The summed E-state index contributed by atoms with van der Waals surface area (Å²) < 4.78 is 0. The SMILES string of the molecule is N#Cc1ccc(C(=O)CSc2ccccc2)cc1. The lowest BCUT2D eigenvalue weighted by atomic mass is 10.1. The molecule has 0 spiro atoms. The fourth-order valence-corrected chi connectivity index (χ4v) is 2.29. The van der Waals surface area contributed by atoms with Crippen molar-refractivity contribution in [3.05, 3.63) is 65.7 Å². The molecule has 3 heteroatoms. The quantitative estimate of drug-likeness (QED) is 0.618. The van der Waals surface area contributed by atoms with Crippen molar-refractivity contribution in [1.82, 2.24) is 0 Å². The van der Waals surface area contributed by atoms with Crippen molar-refractivity contribution in [1.29, 1.82) is 5.26 Å². The molecular formula is C15H11NOS. The van der Waals surface area contributed by atoms with E-state index in [1.54, 1.807) is 24.3 Å². The Balaban J connectivity index is 1.98. The van der Waals surface area contributed by atoms with E-state index in [-0.39, 0.29) is 5.78 Å². The van der Waals surface area contributed by atoms with Crippen LogP contribution in [0.4, 0.5) is 0 Å². The van der Waals surface area contributed by atoms with Crippen molar-refractivity contribution < 1.29 is 4.79 Å². The Morgan fingerprint density at radius 1 is 1.06 bits per heavy atom. The highest BCUT2D eigenvalue weighted by Crippen LogP contribution is 2.18. The van der Waals surface area contributed by atoms with E-state index in [0.29, 0.717) is 16.9 Å². The minimum Gasteiger partial charge on any atom is -0.293 e. The summed E-state index contributed by atoms with van der Waals surface area (Å²) in [5.74, 6) is 0.490. The minimum atomic E-state index is 0.0772. The monoisotopic (exact) mass is 253 g/mol. The molecule has 0 N–H and O–H groups in total. The van der Waals surface area contributed by atoms with E-state index in [1.165, 1.54) is 11.8 Å². The van der Waals surface area contributed by atoms with Crippen molar-refractivity contribution >= 4 is 17.5 Å². The van der Waals surface area contributed by atoms with E-state index < -0.39 is 0 Å². The number of rotatable bonds is 4. The predicted molar refractivity (Wildman–Crippen MR) is 72.7 cm³/mol. The summed E-state index contributed by atoms with van der Waals surface area (Å²) >= 11 is 1.52. The van der Waals surface area contributed by atoms with Gasteiger partial charge < -0.3 is 0 Å². The van der Waals surface area contributed by atoms with Crippen molar-refractivity contribution in [3.63, 3.8) is 0 Å². The van der Waals surface area contributed by atoms with E-state index >= 15 is 0 Å². The number of carbonyl (C=O) groups excluding carboxylic acids is 1. The van der Waals surface area contributed by atoms with E-state index in [4.69, 9.17) is 5.26 Å². The molecule has 0 heterocycles. The standard InChI is InChI=1S/C15H11NOS/c16-10-12-6-8-13(9-7-12)15(17)11-18-14-4-2-1-3-5-14/h1-9H,11H2. The molecule has 0 radical (unpaired) electrons. The molecule has 0 atom stereocenters. The molecule has 0 aliphatic heterocycles. The number of ketones is 1. The summed E-state index contributed by atoms with van der Waals surface area (Å²) in [6.45, 7) is 0. The zero-order valence-electron chi connectivity index (χ0n) is 9.67. The Morgan fingerprint density at radius 2 is 1.72 bits per heavy atom. The van der Waals surface area contributed by atoms with E-state index in [0.717, 1.165) is 4.90 Å². The first-order valence-corrected chi connectivity index (χ1v) is 6.49. The third-order valence-corrected chi connectivity index (χ3v) is 3.46. The van der Waals surface area contributed by atoms with E-state index in [2.05, 4.69) is 0 Å². The van der Waals surface area contributed by atoms with Crippen LogP contribution in [0.15, 0.2) is 59.5 Å². The first kappa shape index (κ1) is 12.4. The lowest BCUT2D eigenvalue weighted by Crippen LogP contribution is -2.01. The maximum Gasteiger partial charge on any atom is 0.173 e. The zero-order valence-corrected chi connectivity index (χ0v) is 10.5. The molecule has 88 valence electrons. The van der Waals surface area contributed by atoms with Gasteiger partial charge in [0.15, 0.2) is 5.78 Å². The van der Waals surface area contributed by atoms with Crippen LogP contribution in [0.1, 0.15) is 15.9 Å². The molecule has 0 amide bonds. The average Bonchev–Trinajstić information content (AvgIpc) is 2.46. The lowest BCUT2D eigenvalue weighted by molar-refractivity contribution is 0.102. The van der Waals surface area contributed by atoms with Gasteiger partial charge in [0.05, 0.1) is 17.4 Å². The number of thioether (sulfide) groups is 1. The zero-order chi connectivity index (χ0) is 12.8. The molecule has 0 aliphatic rings. The van der Waals surface area contributed by atoms with Gasteiger partial charge in [-0.2, -0.15) is 5.26 Å². The number of benzene rings is 2. The third kappa shape index (κ3) is 3.22. The molecule has 0 saturated heterocycles. The molecule has 2 aromatic rings. The first-order chi connectivity index (χ1) is 8.79. The Morgan fingerprint density at radius 3 is 2.33 bits per heavy atom. The van der Waals surface area contributed by atoms with Gasteiger partial charge in [0.1, 0.15) is 0 Å². The highest BCUT2D eigenvalue weighted by atomic mass is 32.2. The van der Waals surface area contributed by atoms with Gasteiger partial charge in [-0.15, -0.1) is 11.8 Å². The number of hydrogen-bond acceptors (Lipinski definition) is 3. The predicted octanol–water partition coefficient (Wildman–Crippen LogP) is 3.53. The van der Waals surface area contributed by atoms with Gasteiger partial charge in [-0.05, 0) is 24.3 Å². The van der Waals surface area contributed by atoms with Crippen molar-refractivity contribution in [2.24, 2.45) is 0 Å². The van der Waals surface area contributed by atoms with Crippen LogP contribution in [0.2, 0.25) is 0 Å². The highest BCUT2D eigenvalue weighted by molar-refractivity contribution is 8.00. The normalized spacial score (nSPS) is 9.72. The molecule has 0 aromatic heterocycles. The number of Topliss-reactive ketones (excluding diaryl/α,β-unsaturated/α-hetero) is 1. The molecule has 0 fully saturated rings. The van der Waals surface area contributed by atoms with Crippen LogP contribution in [0.5, 0.6) is 0 Å². The average molecular weight is 253 g/mol. The fraction of sp³-hybridized carbons (Fsp3) is 0.0667. The van der Waals surface area contributed by atoms with Gasteiger partial charge in [-0.3, -0.25) is 4.79 Å². The number of nitrogens with zero attached hydrogens (tertiary/aromatic N) is 1. The Hall–Kier alpha value is -2.05. The van der Waals surface area contributed by atoms with Crippen LogP contribution in [0, 0.1) is 11.3 Å². The molecule has 2 aromatic carbocycles. The summed E-state index contributed by atoms with van der Waals surface area (Å²) in [6, 6.07) is 18.6. The second kappa shape index (κ2) is 6.04. The maximum absolute atomic E-state index is 11.9. The summed E-state index contributed by atoms with van der Waals surface area (Å²) in [4.78, 5) is 13.0. The van der Waals surface area contributed by atoms with E-state index in [1.807, 2.05) is 36.4 Å². The summed E-state index contributed by atoms with van der Waals surface area (Å²) in [5.41, 5.74) is 1.22. The maximum atomic E-state index is 11.9. The van der Waals surface area contributed by atoms with Gasteiger partial charge in [0, 0.05) is 10.5 Å². The van der Waals surface area contributed by atoms with Gasteiger partial charge in [0.2, 0.25) is 0 Å². The van der Waals surface area contributed by atoms with Crippen LogP contribution < -0.4 is 0 Å². The first-order valence-electron chi connectivity index (χ1n) is 5.51. The van der Waals surface area contributed by atoms with Crippen molar-refractivity contribution in [2.75, 3.05) is 5.75 Å². The summed E-state index contributed by atoms with van der Waals surface area (Å²) in [6.07, 6.45) is 0. The minimum absolute atomic E-state index is 0.0772. The van der Waals surface area contributed by atoms with Gasteiger partial charge in [0.25, 0.3) is 0 Å². The Bertz CT molecular complexity index is 570. The van der Waals surface area contributed by atoms with Crippen LogP contribution in [-0.2, 0) is 0 Å². The Kier molecular flexibility index (Phi) is 4.16. The smallest absolute Gasteiger partial charge is 0.173 e. The molecule has 2 rings (SSSR count). The number of nitriles is 1. The topological polar surface area (TPSA) is 40.9 Å². The number of carbonyl (C=O) groups is 1. The molecule has 0 aliphatic carbocycles. The Labute approximate surface area is 110 Å². The van der Waals surface area contributed by atoms with Crippen LogP contribution in [0.25, 0.3) is 0 Å². The largest absolute Gasteiger partial charge is 0.293 e. The molecule has 2 nitrogen and oxygen atoms in total. The van der Waals surface area contributed by atoms with Gasteiger partial charge >= 0.3 is 0 Å². The van der Waals surface area contributed by atoms with Crippen molar-refractivity contribution in [2.45, 2.75) is 4.90 Å². The summed E-state index contributed by atoms with van der Waals surface area (Å²) in [5, 5.41) is 8.68. The van der Waals surface area contributed by atoms with Gasteiger partial charge in [-0.1, -0.05) is 30.3 Å². The van der Waals surface area contributed by atoms with Gasteiger partial charge in [-0.25, -0.2) is 0 Å². The van der Waals surface area contributed by atoms with Crippen LogP contribution in [0.3, 0.4) is 0 Å². The molecule has 0 saturated carbocycles. The molecule has 18 heavy (non-hydrogen) atoms. The summed E-state index contributed by atoms with van der Waals surface area (Å²) in [7, 11) is 0. The van der Waals surface area contributed by atoms with Crippen molar-refractivity contribution in [3.8, 4) is 6.07 Å².